The lowest BCUT2D eigenvalue weighted by molar-refractivity contribution is -0.140. The van der Waals surface area contributed by atoms with Crippen molar-refractivity contribution in [2.24, 2.45) is 0 Å². The molecule has 0 bridgehead atoms. The Morgan fingerprint density at radius 3 is 3.15 bits per heavy atom. The predicted molar refractivity (Wildman–Crippen MR) is 71.8 cm³/mol. The molecule has 1 aromatic rings. The van der Waals surface area contributed by atoms with Crippen molar-refractivity contribution in [1.82, 2.24) is 9.78 Å². The van der Waals surface area contributed by atoms with Crippen LogP contribution in [0.5, 0.6) is 0 Å². The molecule has 1 atom stereocenters. The van der Waals surface area contributed by atoms with Gasteiger partial charge in [-0.05, 0) is 32.3 Å². The number of hydrogen-bond acceptors (Lipinski definition) is 4. The summed E-state index contributed by atoms with van der Waals surface area (Å²) in [6.45, 7) is 2.39. The highest BCUT2D eigenvalue weighted by atomic mass is 35.5. The fourth-order valence-corrected chi connectivity index (χ4v) is 2.15. The molecule has 0 saturated carbocycles. The molecule has 0 spiro atoms. The van der Waals surface area contributed by atoms with Gasteiger partial charge in [-0.1, -0.05) is 11.6 Å². The number of ether oxygens (including phenoxy) is 2. The molecule has 1 aliphatic heterocycles. The van der Waals surface area contributed by atoms with E-state index in [4.69, 9.17) is 16.3 Å². The molecule has 110 valence electrons. The average Bonchev–Trinajstić information content (AvgIpc) is 2.81. The fraction of sp³-hybridized carbons (Fsp3) is 0.538. The Bertz CT molecular complexity index is 510. The molecule has 0 radical (unpaired) electrons. The van der Waals surface area contributed by atoms with Gasteiger partial charge >= 0.3 is 5.97 Å². The molecule has 5 nitrogen and oxygen atoms in total. The van der Waals surface area contributed by atoms with Crippen LogP contribution in [-0.4, -0.2) is 29.0 Å². The second kappa shape index (κ2) is 6.85. The van der Waals surface area contributed by atoms with E-state index in [1.165, 1.54) is 0 Å². The van der Waals surface area contributed by atoms with E-state index in [1.807, 2.05) is 0 Å². The molecule has 7 heteroatoms. The highest BCUT2D eigenvalue weighted by Crippen LogP contribution is 2.25. The molecule has 0 aromatic carbocycles. The molecule has 0 N–H and O–H groups in total. The van der Waals surface area contributed by atoms with E-state index in [9.17, 15) is 9.18 Å². The van der Waals surface area contributed by atoms with Gasteiger partial charge in [0.2, 0.25) is 5.83 Å². The van der Waals surface area contributed by atoms with Gasteiger partial charge in [-0.25, -0.2) is 9.48 Å². The van der Waals surface area contributed by atoms with E-state index in [1.54, 1.807) is 17.8 Å². The second-order valence-corrected chi connectivity index (χ2v) is 4.75. The van der Waals surface area contributed by atoms with E-state index in [0.717, 1.165) is 25.3 Å². The van der Waals surface area contributed by atoms with Crippen molar-refractivity contribution in [2.45, 2.75) is 32.4 Å². The molecule has 2 heterocycles. The maximum absolute atomic E-state index is 13.6. The molecule has 0 aliphatic carbocycles. The van der Waals surface area contributed by atoms with Gasteiger partial charge < -0.3 is 9.47 Å². The van der Waals surface area contributed by atoms with Crippen molar-refractivity contribution in [3.05, 3.63) is 22.7 Å². The SMILES string of the molecule is CCOC(=O)/C(F)=C/c1cn(C2CCCCO2)nc1Cl. The Labute approximate surface area is 121 Å². The van der Waals surface area contributed by atoms with Crippen molar-refractivity contribution in [1.29, 1.82) is 0 Å². The molecule has 1 unspecified atom stereocenters. The first-order valence-electron chi connectivity index (χ1n) is 6.52. The maximum Gasteiger partial charge on any atom is 0.367 e. The number of carbonyl (C=O) groups is 1. The van der Waals surface area contributed by atoms with Gasteiger partial charge in [0.25, 0.3) is 0 Å². The third-order valence-corrected chi connectivity index (χ3v) is 3.21. The first kappa shape index (κ1) is 15.0. The van der Waals surface area contributed by atoms with Gasteiger partial charge in [0.1, 0.15) is 6.23 Å². The van der Waals surface area contributed by atoms with Crippen molar-refractivity contribution in [3.8, 4) is 0 Å². The summed E-state index contributed by atoms with van der Waals surface area (Å²) in [5.41, 5.74) is 0.325. The Morgan fingerprint density at radius 2 is 2.50 bits per heavy atom. The van der Waals surface area contributed by atoms with Crippen LogP contribution in [0.25, 0.3) is 6.08 Å². The second-order valence-electron chi connectivity index (χ2n) is 4.39. The number of halogens is 2. The van der Waals surface area contributed by atoms with E-state index in [-0.39, 0.29) is 18.0 Å². The third kappa shape index (κ3) is 3.58. The summed E-state index contributed by atoms with van der Waals surface area (Å²) in [5, 5.41) is 4.21. The molecule has 1 aliphatic rings. The molecule has 1 saturated heterocycles. The largest absolute Gasteiger partial charge is 0.461 e. The van der Waals surface area contributed by atoms with Gasteiger partial charge in [-0.15, -0.1) is 0 Å². The predicted octanol–water partition coefficient (Wildman–Crippen LogP) is 3.11. The van der Waals surface area contributed by atoms with Crippen LogP contribution in [0.4, 0.5) is 4.39 Å². The quantitative estimate of drug-likeness (QED) is 0.633. The number of hydrogen-bond donors (Lipinski definition) is 0. The minimum atomic E-state index is -1.01. The topological polar surface area (TPSA) is 53.4 Å². The summed E-state index contributed by atoms with van der Waals surface area (Å²) in [7, 11) is 0. The summed E-state index contributed by atoms with van der Waals surface area (Å²) >= 11 is 5.94. The normalized spacial score (nSPS) is 19.9. The lowest BCUT2D eigenvalue weighted by atomic mass is 10.2. The Morgan fingerprint density at radius 1 is 1.70 bits per heavy atom. The lowest BCUT2D eigenvalue weighted by Gasteiger charge is -2.22. The van der Waals surface area contributed by atoms with E-state index < -0.39 is 11.8 Å². The Kier molecular flexibility index (Phi) is 5.14. The highest BCUT2D eigenvalue weighted by molar-refractivity contribution is 6.30. The smallest absolute Gasteiger partial charge is 0.367 e. The van der Waals surface area contributed by atoms with Crippen molar-refractivity contribution in [2.75, 3.05) is 13.2 Å². The highest BCUT2D eigenvalue weighted by Gasteiger charge is 2.19. The number of carbonyl (C=O) groups excluding carboxylic acids is 1. The van der Waals surface area contributed by atoms with Gasteiger partial charge in [0.05, 0.1) is 6.61 Å². The monoisotopic (exact) mass is 302 g/mol. The summed E-state index contributed by atoms with van der Waals surface area (Å²) in [5.74, 6) is -2.01. The number of rotatable bonds is 4. The molecule has 20 heavy (non-hydrogen) atoms. The third-order valence-electron chi connectivity index (χ3n) is 2.92. The first-order chi connectivity index (χ1) is 9.61. The van der Waals surface area contributed by atoms with E-state index in [0.29, 0.717) is 12.2 Å². The van der Waals surface area contributed by atoms with Crippen LogP contribution in [0, 0.1) is 0 Å². The zero-order chi connectivity index (χ0) is 14.5. The maximum atomic E-state index is 13.6. The van der Waals surface area contributed by atoms with Crippen LogP contribution in [-0.2, 0) is 14.3 Å². The Hall–Kier alpha value is -1.40. The van der Waals surface area contributed by atoms with Gasteiger partial charge in [-0.2, -0.15) is 9.49 Å². The minimum absolute atomic E-state index is 0.114. The van der Waals surface area contributed by atoms with Crippen molar-refractivity contribution < 1.29 is 18.7 Å². The van der Waals surface area contributed by atoms with Gasteiger partial charge in [-0.3, -0.25) is 0 Å². The first-order valence-corrected chi connectivity index (χ1v) is 6.90. The van der Waals surface area contributed by atoms with Crippen LogP contribution >= 0.6 is 11.6 Å². The lowest BCUT2D eigenvalue weighted by Crippen LogP contribution is -2.18. The zero-order valence-electron chi connectivity index (χ0n) is 11.1. The van der Waals surface area contributed by atoms with Crippen LogP contribution < -0.4 is 0 Å². The summed E-state index contributed by atoms with van der Waals surface area (Å²) in [6, 6.07) is 0. The van der Waals surface area contributed by atoms with Crippen molar-refractivity contribution >= 4 is 23.6 Å². The van der Waals surface area contributed by atoms with Gasteiger partial charge in [0.15, 0.2) is 5.15 Å². The molecule has 1 fully saturated rings. The summed E-state index contributed by atoms with van der Waals surface area (Å²) in [4.78, 5) is 11.2. The zero-order valence-corrected chi connectivity index (χ0v) is 11.9. The van der Waals surface area contributed by atoms with E-state index in [2.05, 4.69) is 9.84 Å². The number of esters is 1. The van der Waals surface area contributed by atoms with Crippen molar-refractivity contribution in [3.63, 3.8) is 0 Å². The molecular formula is C13H16ClFN2O3. The molecule has 2 rings (SSSR count). The summed E-state index contributed by atoms with van der Waals surface area (Å²) < 4.78 is 25.2. The fourth-order valence-electron chi connectivity index (χ4n) is 1.96. The summed E-state index contributed by atoms with van der Waals surface area (Å²) in [6.07, 6.45) is 5.31. The molecular weight excluding hydrogens is 287 g/mol. The van der Waals surface area contributed by atoms with E-state index >= 15 is 0 Å². The standard InChI is InChI=1S/C13H16ClFN2O3/c1-2-19-13(18)10(15)7-9-8-17(16-12(9)14)11-5-3-4-6-20-11/h7-8,11H,2-6H2,1H3/b10-7-. The molecule has 0 amide bonds. The van der Waals surface area contributed by atoms with Crippen LogP contribution in [0.2, 0.25) is 5.15 Å². The average molecular weight is 303 g/mol. The van der Waals surface area contributed by atoms with Crippen LogP contribution in [0.3, 0.4) is 0 Å². The number of nitrogens with zero attached hydrogens (tertiary/aromatic N) is 2. The van der Waals surface area contributed by atoms with Crippen LogP contribution in [0.15, 0.2) is 12.0 Å². The molecule has 1 aromatic heterocycles. The minimum Gasteiger partial charge on any atom is -0.461 e. The van der Waals surface area contributed by atoms with Gasteiger partial charge in [0, 0.05) is 18.4 Å². The number of aromatic nitrogens is 2. The van der Waals surface area contributed by atoms with Crippen LogP contribution in [0.1, 0.15) is 38.0 Å². The Balaban J connectivity index is 2.14.